The maximum Gasteiger partial charge on any atom is 0.187 e. The van der Waals surface area contributed by atoms with Gasteiger partial charge < -0.3 is 30.3 Å². The van der Waals surface area contributed by atoms with E-state index in [-0.39, 0.29) is 0 Å². The third kappa shape index (κ3) is 0.868. The van der Waals surface area contributed by atoms with E-state index in [9.17, 15) is 15.3 Å². The van der Waals surface area contributed by atoms with E-state index >= 15 is 0 Å². The van der Waals surface area contributed by atoms with Crippen LogP contribution in [0.25, 0.3) is 0 Å². The first-order valence-electron chi connectivity index (χ1n) is 3.81. The standard InChI is InChI=1S/C6H11NO6/c8-1-5-4(11)6(12,7-5)2(9)3(10)13-5/h2-4,7-12H,1H2/t2-,3+,4-,5-,6-/m1/s1. The van der Waals surface area contributed by atoms with E-state index in [1.165, 1.54) is 0 Å². The van der Waals surface area contributed by atoms with Gasteiger partial charge in [0.2, 0.25) is 0 Å². The number of hydrogen-bond acceptors (Lipinski definition) is 7. The summed E-state index contributed by atoms with van der Waals surface area (Å²) in [5.41, 5.74) is -3.56. The largest absolute Gasteiger partial charge is 0.392 e. The van der Waals surface area contributed by atoms with E-state index in [1.54, 1.807) is 0 Å². The predicted octanol–water partition coefficient (Wildman–Crippen LogP) is -3.96. The molecule has 7 heteroatoms. The molecule has 0 aromatic heterocycles. The molecule has 0 radical (unpaired) electrons. The molecule has 3 fully saturated rings. The Kier molecular flexibility index (Phi) is 1.71. The van der Waals surface area contributed by atoms with E-state index in [2.05, 4.69) is 5.32 Å². The molecule has 3 aliphatic rings. The minimum absolute atomic E-state index is 0.611. The zero-order valence-corrected chi connectivity index (χ0v) is 6.58. The number of nitrogens with one attached hydrogen (secondary N) is 1. The topological polar surface area (TPSA) is 122 Å². The lowest BCUT2D eigenvalue weighted by molar-refractivity contribution is -0.444. The van der Waals surface area contributed by atoms with Crippen LogP contribution in [0.2, 0.25) is 0 Å². The highest BCUT2D eigenvalue weighted by atomic mass is 16.7. The van der Waals surface area contributed by atoms with Crippen LogP contribution in [0, 0.1) is 0 Å². The molecule has 0 amide bonds. The molecule has 0 aromatic rings. The fourth-order valence-electron chi connectivity index (χ4n) is 1.74. The van der Waals surface area contributed by atoms with E-state index < -0.39 is 36.6 Å². The number of aliphatic hydroxyl groups is 5. The highest BCUT2D eigenvalue weighted by Crippen LogP contribution is 2.42. The normalized spacial score (nSPS) is 60.2. The maximum absolute atomic E-state index is 9.48. The zero-order valence-electron chi connectivity index (χ0n) is 6.58. The monoisotopic (exact) mass is 193 g/mol. The van der Waals surface area contributed by atoms with Crippen molar-refractivity contribution in [3.8, 4) is 0 Å². The van der Waals surface area contributed by atoms with Crippen LogP contribution in [-0.4, -0.2) is 62.1 Å². The number of ether oxygens (including phenoxy) is 1. The summed E-state index contributed by atoms with van der Waals surface area (Å²) >= 11 is 0. The number of aliphatic hydroxyl groups excluding tert-OH is 4. The minimum atomic E-state index is -2.00. The van der Waals surface area contributed by atoms with E-state index in [0.29, 0.717) is 0 Å². The van der Waals surface area contributed by atoms with E-state index in [4.69, 9.17) is 14.9 Å². The van der Waals surface area contributed by atoms with Crippen molar-refractivity contribution in [3.63, 3.8) is 0 Å². The summed E-state index contributed by atoms with van der Waals surface area (Å²) < 4.78 is 4.71. The maximum atomic E-state index is 9.48. The van der Waals surface area contributed by atoms with Crippen LogP contribution in [-0.2, 0) is 4.74 Å². The summed E-state index contributed by atoms with van der Waals surface area (Å²) in [5, 5.41) is 48.2. The van der Waals surface area contributed by atoms with Crippen LogP contribution >= 0.6 is 0 Å². The molecule has 7 nitrogen and oxygen atoms in total. The van der Waals surface area contributed by atoms with E-state index in [1.807, 2.05) is 0 Å². The predicted molar refractivity (Wildman–Crippen MR) is 37.0 cm³/mol. The van der Waals surface area contributed by atoms with Gasteiger partial charge in [0.1, 0.15) is 12.2 Å². The van der Waals surface area contributed by atoms with Gasteiger partial charge >= 0.3 is 0 Å². The molecule has 0 spiro atoms. The smallest absolute Gasteiger partial charge is 0.187 e. The lowest BCUT2D eigenvalue weighted by Crippen LogP contribution is -2.93. The van der Waals surface area contributed by atoms with Gasteiger partial charge in [0.15, 0.2) is 17.7 Å². The van der Waals surface area contributed by atoms with Crippen molar-refractivity contribution in [2.75, 3.05) is 6.61 Å². The van der Waals surface area contributed by atoms with Crippen molar-refractivity contribution >= 4 is 0 Å². The Labute approximate surface area is 73.2 Å². The van der Waals surface area contributed by atoms with Crippen molar-refractivity contribution in [2.24, 2.45) is 0 Å². The Bertz CT molecular complexity index is 228. The fraction of sp³-hybridized carbons (Fsp3) is 1.00. The Morgan fingerprint density at radius 2 is 1.92 bits per heavy atom. The highest BCUT2D eigenvalue weighted by Gasteiger charge is 2.72. The third-order valence-corrected chi connectivity index (χ3v) is 2.56. The first-order chi connectivity index (χ1) is 5.96. The molecular formula is C6H11NO6. The molecular weight excluding hydrogens is 182 g/mol. The molecule has 0 saturated carbocycles. The molecule has 0 unspecified atom stereocenters. The molecule has 3 saturated heterocycles. The van der Waals surface area contributed by atoms with Gasteiger partial charge in [-0.05, 0) is 0 Å². The molecule has 13 heavy (non-hydrogen) atoms. The van der Waals surface area contributed by atoms with Gasteiger partial charge in [-0.2, -0.15) is 0 Å². The Hall–Kier alpha value is -0.280. The average Bonchev–Trinajstić information content (AvgIpc) is 2.12. The van der Waals surface area contributed by atoms with Crippen molar-refractivity contribution < 1.29 is 30.3 Å². The molecule has 6 N–H and O–H groups in total. The number of rotatable bonds is 1. The molecule has 0 aromatic carbocycles. The first-order valence-corrected chi connectivity index (χ1v) is 3.81. The second kappa shape index (κ2) is 2.39. The highest BCUT2D eigenvalue weighted by molar-refractivity contribution is 5.17. The summed E-state index contributed by atoms with van der Waals surface area (Å²) in [6.45, 7) is -0.611. The summed E-state index contributed by atoms with van der Waals surface area (Å²) in [5.74, 6) is 0. The van der Waals surface area contributed by atoms with Crippen molar-refractivity contribution in [1.29, 1.82) is 0 Å². The number of fused-ring (bicyclic) bond motifs is 2. The lowest BCUT2D eigenvalue weighted by Gasteiger charge is -2.63. The van der Waals surface area contributed by atoms with Gasteiger partial charge in [-0.1, -0.05) is 0 Å². The van der Waals surface area contributed by atoms with Crippen LogP contribution < -0.4 is 5.32 Å². The van der Waals surface area contributed by atoms with Gasteiger partial charge in [-0.15, -0.1) is 0 Å². The lowest BCUT2D eigenvalue weighted by atomic mass is 9.78. The third-order valence-electron chi connectivity index (χ3n) is 2.56. The van der Waals surface area contributed by atoms with Crippen LogP contribution in [0.3, 0.4) is 0 Å². The molecule has 3 rings (SSSR count). The van der Waals surface area contributed by atoms with Crippen LogP contribution in [0.4, 0.5) is 0 Å². The average molecular weight is 193 g/mol. The zero-order chi connectivity index (χ0) is 9.85. The Morgan fingerprint density at radius 1 is 1.31 bits per heavy atom. The molecule has 3 aliphatic heterocycles. The quantitative estimate of drug-likeness (QED) is 0.251. The van der Waals surface area contributed by atoms with Gasteiger partial charge in [-0.25, -0.2) is 0 Å². The summed E-state index contributed by atoms with van der Waals surface area (Å²) in [6.07, 6.45) is -4.74. The summed E-state index contributed by atoms with van der Waals surface area (Å²) in [4.78, 5) is 0. The second-order valence-corrected chi connectivity index (χ2v) is 3.35. The Balaban J connectivity index is 2.26. The van der Waals surface area contributed by atoms with Crippen molar-refractivity contribution in [1.82, 2.24) is 5.32 Å². The first kappa shape index (κ1) is 9.28. The summed E-state index contributed by atoms with van der Waals surface area (Å²) in [6, 6.07) is 0. The minimum Gasteiger partial charge on any atom is -0.392 e. The molecule has 76 valence electrons. The van der Waals surface area contributed by atoms with E-state index in [0.717, 1.165) is 0 Å². The fourth-order valence-corrected chi connectivity index (χ4v) is 1.74. The van der Waals surface area contributed by atoms with Gasteiger partial charge in [0, 0.05) is 0 Å². The molecule has 2 bridgehead atoms. The number of hydrogen-bond donors (Lipinski definition) is 6. The molecule has 5 atom stereocenters. The Morgan fingerprint density at radius 3 is 2.38 bits per heavy atom. The molecule has 0 aliphatic carbocycles. The van der Waals surface area contributed by atoms with Crippen LogP contribution in [0.5, 0.6) is 0 Å². The SMILES string of the molecule is OC[C@@]12N[C@@](O)([C@H](O)[C@@H](O)O1)[C@@H]2O. The van der Waals surface area contributed by atoms with Crippen LogP contribution in [0.1, 0.15) is 0 Å². The van der Waals surface area contributed by atoms with Gasteiger partial charge in [0.25, 0.3) is 0 Å². The molecule has 3 heterocycles. The summed E-state index contributed by atoms with van der Waals surface area (Å²) in [7, 11) is 0. The van der Waals surface area contributed by atoms with Crippen LogP contribution in [0.15, 0.2) is 0 Å². The van der Waals surface area contributed by atoms with Crippen molar-refractivity contribution in [2.45, 2.75) is 29.9 Å². The second-order valence-electron chi connectivity index (χ2n) is 3.35. The van der Waals surface area contributed by atoms with Crippen molar-refractivity contribution in [3.05, 3.63) is 0 Å². The van der Waals surface area contributed by atoms with Gasteiger partial charge in [-0.3, -0.25) is 5.32 Å². The van der Waals surface area contributed by atoms with Gasteiger partial charge in [0.05, 0.1) is 6.61 Å².